The lowest BCUT2D eigenvalue weighted by Crippen LogP contribution is -2.19. The topological polar surface area (TPSA) is 77.6 Å². The van der Waals surface area contributed by atoms with E-state index < -0.39 is 0 Å². The Kier molecular flexibility index (Phi) is 6.04. The molecule has 0 atom stereocenters. The van der Waals surface area contributed by atoms with Crippen molar-refractivity contribution in [3.63, 3.8) is 0 Å². The number of amides is 1. The van der Waals surface area contributed by atoms with Crippen molar-refractivity contribution in [3.05, 3.63) is 94.5 Å². The van der Waals surface area contributed by atoms with Gasteiger partial charge in [-0.25, -0.2) is 9.67 Å². The van der Waals surface area contributed by atoms with Gasteiger partial charge >= 0.3 is 0 Å². The number of nitrogens with zero attached hydrogens (tertiary/aromatic N) is 5. The number of benzene rings is 2. The van der Waals surface area contributed by atoms with Crippen LogP contribution in [0.2, 0.25) is 10.0 Å². The first-order chi connectivity index (χ1) is 16.5. The number of fused-ring (bicyclic) bond motifs is 1. The molecule has 0 bridgehead atoms. The lowest BCUT2D eigenvalue weighted by atomic mass is 10.0. The van der Waals surface area contributed by atoms with Crippen molar-refractivity contribution in [2.75, 3.05) is 5.32 Å². The standard InChI is InChI=1S/C25H20Cl2N6O/c1-16-24-21(17-5-3-2-4-6-17)9-10-28-25(24)33(31-16)15-23(34)30-20-12-29-32(14-20)13-18-7-8-19(26)11-22(18)27/h2-12,14H,13,15H2,1H3,(H,30,34). The zero-order chi connectivity index (χ0) is 23.7. The summed E-state index contributed by atoms with van der Waals surface area (Å²) in [6, 6.07) is 17.4. The van der Waals surface area contributed by atoms with Gasteiger partial charge in [0, 0.05) is 27.8 Å². The average molecular weight is 491 g/mol. The van der Waals surface area contributed by atoms with Crippen molar-refractivity contribution in [3.8, 4) is 11.1 Å². The van der Waals surface area contributed by atoms with E-state index in [1.54, 1.807) is 40.1 Å². The predicted molar refractivity (Wildman–Crippen MR) is 134 cm³/mol. The zero-order valence-electron chi connectivity index (χ0n) is 18.2. The molecule has 0 aliphatic rings. The molecule has 0 aliphatic carbocycles. The zero-order valence-corrected chi connectivity index (χ0v) is 19.8. The van der Waals surface area contributed by atoms with E-state index in [0.717, 1.165) is 27.8 Å². The fourth-order valence-corrected chi connectivity index (χ4v) is 4.39. The lowest BCUT2D eigenvalue weighted by molar-refractivity contribution is -0.116. The van der Waals surface area contributed by atoms with E-state index in [0.29, 0.717) is 27.9 Å². The Morgan fingerprint density at radius 3 is 2.71 bits per heavy atom. The Bertz CT molecular complexity index is 1490. The number of aryl methyl sites for hydroxylation is 1. The summed E-state index contributed by atoms with van der Waals surface area (Å²) in [4.78, 5) is 17.3. The van der Waals surface area contributed by atoms with Gasteiger partial charge < -0.3 is 5.32 Å². The monoisotopic (exact) mass is 490 g/mol. The summed E-state index contributed by atoms with van der Waals surface area (Å²) in [7, 11) is 0. The van der Waals surface area contributed by atoms with Gasteiger partial charge in [0.1, 0.15) is 6.54 Å². The molecule has 0 aliphatic heterocycles. The molecule has 7 nitrogen and oxygen atoms in total. The quantitative estimate of drug-likeness (QED) is 0.336. The number of halogens is 2. The maximum absolute atomic E-state index is 12.8. The number of hydrogen-bond donors (Lipinski definition) is 1. The second-order valence-electron chi connectivity index (χ2n) is 7.88. The molecule has 0 fully saturated rings. The van der Waals surface area contributed by atoms with Crippen LogP contribution in [0.3, 0.4) is 0 Å². The van der Waals surface area contributed by atoms with Crippen molar-refractivity contribution in [1.29, 1.82) is 0 Å². The first-order valence-electron chi connectivity index (χ1n) is 10.6. The van der Waals surface area contributed by atoms with Crippen molar-refractivity contribution in [2.45, 2.75) is 20.0 Å². The molecule has 2 aromatic carbocycles. The van der Waals surface area contributed by atoms with Crippen LogP contribution in [0.15, 0.2) is 73.2 Å². The van der Waals surface area contributed by atoms with Crippen LogP contribution in [0.1, 0.15) is 11.3 Å². The number of pyridine rings is 1. The molecule has 1 N–H and O–H groups in total. The number of rotatable bonds is 6. The summed E-state index contributed by atoms with van der Waals surface area (Å²) in [6.45, 7) is 2.42. The maximum Gasteiger partial charge on any atom is 0.246 e. The maximum atomic E-state index is 12.8. The summed E-state index contributed by atoms with van der Waals surface area (Å²) >= 11 is 12.2. The van der Waals surface area contributed by atoms with E-state index in [4.69, 9.17) is 23.2 Å². The predicted octanol–water partition coefficient (Wildman–Crippen LogP) is 5.60. The number of hydrogen-bond acceptors (Lipinski definition) is 4. The SMILES string of the molecule is Cc1nn(CC(=O)Nc2cnn(Cc3ccc(Cl)cc3Cl)c2)c2nccc(-c3ccccc3)c12. The van der Waals surface area contributed by atoms with Crippen LogP contribution >= 0.6 is 23.2 Å². The van der Waals surface area contributed by atoms with Gasteiger partial charge in [0.2, 0.25) is 5.91 Å². The highest BCUT2D eigenvalue weighted by Gasteiger charge is 2.16. The smallest absolute Gasteiger partial charge is 0.246 e. The summed E-state index contributed by atoms with van der Waals surface area (Å²) in [5.41, 5.74) is 5.07. The molecule has 3 heterocycles. The third kappa shape index (κ3) is 4.53. The Hall–Kier alpha value is -3.68. The Morgan fingerprint density at radius 2 is 1.91 bits per heavy atom. The molecule has 0 spiro atoms. The highest BCUT2D eigenvalue weighted by molar-refractivity contribution is 6.35. The number of aromatic nitrogens is 5. The number of nitrogens with one attached hydrogen (secondary N) is 1. The van der Waals surface area contributed by atoms with Gasteiger partial charge in [-0.3, -0.25) is 9.48 Å². The van der Waals surface area contributed by atoms with Crippen LogP contribution in [0.25, 0.3) is 22.2 Å². The van der Waals surface area contributed by atoms with E-state index in [2.05, 4.69) is 20.5 Å². The summed E-state index contributed by atoms with van der Waals surface area (Å²) in [5, 5.41) is 13.9. The first-order valence-corrected chi connectivity index (χ1v) is 11.4. The average Bonchev–Trinajstić information content (AvgIpc) is 3.40. The van der Waals surface area contributed by atoms with Gasteiger partial charge in [0.25, 0.3) is 0 Å². The molecule has 0 saturated carbocycles. The van der Waals surface area contributed by atoms with E-state index >= 15 is 0 Å². The van der Waals surface area contributed by atoms with Crippen LogP contribution in [-0.2, 0) is 17.9 Å². The van der Waals surface area contributed by atoms with Crippen molar-refractivity contribution >= 4 is 45.8 Å². The Balaban J connectivity index is 1.32. The van der Waals surface area contributed by atoms with Gasteiger partial charge in [-0.1, -0.05) is 59.6 Å². The van der Waals surface area contributed by atoms with E-state index in [1.165, 1.54) is 0 Å². The van der Waals surface area contributed by atoms with Crippen LogP contribution < -0.4 is 5.32 Å². The molecular formula is C25H20Cl2N6O. The molecule has 9 heteroatoms. The molecule has 34 heavy (non-hydrogen) atoms. The molecule has 5 aromatic rings. The Morgan fingerprint density at radius 1 is 1.09 bits per heavy atom. The minimum absolute atomic E-state index is 0.0315. The molecule has 170 valence electrons. The van der Waals surface area contributed by atoms with Gasteiger partial charge in [0.05, 0.1) is 24.1 Å². The molecule has 3 aromatic heterocycles. The van der Waals surface area contributed by atoms with Gasteiger partial charge in [-0.05, 0) is 41.8 Å². The molecule has 0 radical (unpaired) electrons. The largest absolute Gasteiger partial charge is 0.322 e. The van der Waals surface area contributed by atoms with Gasteiger partial charge in [0.15, 0.2) is 5.65 Å². The third-order valence-corrected chi connectivity index (χ3v) is 6.04. The highest BCUT2D eigenvalue weighted by atomic mass is 35.5. The van der Waals surface area contributed by atoms with Crippen molar-refractivity contribution < 1.29 is 4.79 Å². The second-order valence-corrected chi connectivity index (χ2v) is 8.72. The van der Waals surface area contributed by atoms with Crippen LogP contribution in [0, 0.1) is 6.92 Å². The van der Waals surface area contributed by atoms with Crippen LogP contribution in [-0.4, -0.2) is 30.5 Å². The molecule has 5 rings (SSSR count). The summed E-state index contributed by atoms with van der Waals surface area (Å²) < 4.78 is 3.33. The second kappa shape index (κ2) is 9.29. The van der Waals surface area contributed by atoms with E-state index in [9.17, 15) is 4.79 Å². The number of anilines is 1. The van der Waals surface area contributed by atoms with E-state index in [-0.39, 0.29) is 12.5 Å². The van der Waals surface area contributed by atoms with Crippen molar-refractivity contribution in [2.24, 2.45) is 0 Å². The summed E-state index contributed by atoms with van der Waals surface area (Å²) in [6.07, 6.45) is 5.09. The van der Waals surface area contributed by atoms with Crippen LogP contribution in [0.5, 0.6) is 0 Å². The lowest BCUT2D eigenvalue weighted by Gasteiger charge is -2.06. The fraction of sp³-hybridized carbons (Fsp3) is 0.120. The minimum atomic E-state index is -0.222. The third-order valence-electron chi connectivity index (χ3n) is 5.45. The minimum Gasteiger partial charge on any atom is -0.322 e. The molecule has 0 unspecified atom stereocenters. The van der Waals surface area contributed by atoms with Crippen molar-refractivity contribution in [1.82, 2.24) is 24.5 Å². The van der Waals surface area contributed by atoms with Crippen LogP contribution in [0.4, 0.5) is 5.69 Å². The van der Waals surface area contributed by atoms with Gasteiger partial charge in [-0.15, -0.1) is 0 Å². The normalized spacial score (nSPS) is 11.1. The Labute approximate surface area is 205 Å². The number of carbonyl (C=O) groups is 1. The molecular weight excluding hydrogens is 471 g/mol. The van der Waals surface area contributed by atoms with E-state index in [1.807, 2.05) is 49.4 Å². The molecule has 0 saturated heterocycles. The fourth-order valence-electron chi connectivity index (χ4n) is 3.93. The van der Waals surface area contributed by atoms with Gasteiger partial charge in [-0.2, -0.15) is 10.2 Å². The summed E-state index contributed by atoms with van der Waals surface area (Å²) in [5.74, 6) is -0.222. The first kappa shape index (κ1) is 22.1. The number of carbonyl (C=O) groups excluding carboxylic acids is 1. The molecule has 1 amide bonds. The highest BCUT2D eigenvalue weighted by Crippen LogP contribution is 2.29.